The molecule has 1 aromatic rings. The molecule has 0 heterocycles. The van der Waals surface area contributed by atoms with E-state index in [1.807, 2.05) is 32.0 Å². The predicted molar refractivity (Wildman–Crippen MR) is 69.7 cm³/mol. The molecule has 0 aliphatic rings. The van der Waals surface area contributed by atoms with E-state index in [1.54, 1.807) is 7.11 Å². The zero-order valence-electron chi connectivity index (χ0n) is 11.3. The summed E-state index contributed by atoms with van der Waals surface area (Å²) in [7, 11) is 1.63. The number of aliphatic hydroxyl groups is 1. The number of hydrogen-bond acceptors (Lipinski definition) is 4. The summed E-state index contributed by atoms with van der Waals surface area (Å²) in [6.07, 6.45) is 0.0347. The molecule has 18 heavy (non-hydrogen) atoms. The topological polar surface area (TPSA) is 47.9 Å². The third kappa shape index (κ3) is 4.64. The van der Waals surface area contributed by atoms with Gasteiger partial charge in [-0.1, -0.05) is 6.07 Å². The van der Waals surface area contributed by atoms with E-state index in [0.717, 1.165) is 16.9 Å². The van der Waals surface area contributed by atoms with Crippen molar-refractivity contribution in [3.8, 4) is 5.75 Å². The van der Waals surface area contributed by atoms with Gasteiger partial charge >= 0.3 is 0 Å². The van der Waals surface area contributed by atoms with E-state index in [-0.39, 0.29) is 12.7 Å². The first-order chi connectivity index (χ1) is 8.71. The number of ether oxygens (including phenoxy) is 3. The van der Waals surface area contributed by atoms with Crippen LogP contribution in [-0.4, -0.2) is 31.5 Å². The summed E-state index contributed by atoms with van der Waals surface area (Å²) in [4.78, 5) is 0. The minimum Gasteiger partial charge on any atom is -0.496 e. The highest BCUT2D eigenvalue weighted by Gasteiger charge is 2.07. The molecule has 4 heteroatoms. The van der Waals surface area contributed by atoms with Gasteiger partial charge in [0.2, 0.25) is 0 Å². The Balaban J connectivity index is 2.59. The van der Waals surface area contributed by atoms with Crippen LogP contribution in [0.25, 0.3) is 0 Å². The number of hydrogen-bond donors (Lipinski definition) is 1. The molecule has 0 aromatic heterocycles. The van der Waals surface area contributed by atoms with Crippen LogP contribution in [0.4, 0.5) is 0 Å². The van der Waals surface area contributed by atoms with Crippen LogP contribution in [0.3, 0.4) is 0 Å². The molecule has 0 bridgehead atoms. The van der Waals surface area contributed by atoms with Crippen LogP contribution >= 0.6 is 0 Å². The second-order valence-corrected chi connectivity index (χ2v) is 4.09. The molecule has 0 saturated heterocycles. The summed E-state index contributed by atoms with van der Waals surface area (Å²) in [6, 6.07) is 5.58. The molecule has 1 N–H and O–H groups in total. The van der Waals surface area contributed by atoms with Gasteiger partial charge in [0, 0.05) is 12.2 Å². The lowest BCUT2D eigenvalue weighted by atomic mass is 10.1. The highest BCUT2D eigenvalue weighted by molar-refractivity contribution is 5.36. The highest BCUT2D eigenvalue weighted by atomic mass is 16.5. The van der Waals surface area contributed by atoms with Crippen LogP contribution in [0, 0.1) is 0 Å². The zero-order valence-corrected chi connectivity index (χ0v) is 11.3. The van der Waals surface area contributed by atoms with Crippen LogP contribution in [0.5, 0.6) is 5.75 Å². The van der Waals surface area contributed by atoms with E-state index in [4.69, 9.17) is 19.3 Å². The van der Waals surface area contributed by atoms with Gasteiger partial charge in [-0.2, -0.15) is 0 Å². The molecule has 4 nitrogen and oxygen atoms in total. The third-order valence-corrected chi connectivity index (χ3v) is 2.61. The second-order valence-electron chi connectivity index (χ2n) is 4.09. The molecule has 1 rings (SSSR count). The lowest BCUT2D eigenvalue weighted by molar-refractivity contribution is -0.0122. The lowest BCUT2D eigenvalue weighted by Gasteiger charge is -2.15. The lowest BCUT2D eigenvalue weighted by Crippen LogP contribution is -2.16. The fourth-order valence-electron chi connectivity index (χ4n) is 1.61. The molecular formula is C14H22O4. The summed E-state index contributed by atoms with van der Waals surface area (Å²) in [5, 5.41) is 9.12. The molecule has 0 aliphatic heterocycles. The molecule has 102 valence electrons. The Kier molecular flexibility index (Phi) is 6.72. The Morgan fingerprint density at radius 2 is 2.11 bits per heavy atom. The Hall–Kier alpha value is -1.10. The first-order valence-corrected chi connectivity index (χ1v) is 6.17. The van der Waals surface area contributed by atoms with Gasteiger partial charge < -0.3 is 19.3 Å². The molecule has 1 unspecified atom stereocenters. The minimum atomic E-state index is 0.0193. The van der Waals surface area contributed by atoms with Gasteiger partial charge in [0.05, 0.1) is 33.0 Å². The van der Waals surface area contributed by atoms with E-state index in [9.17, 15) is 0 Å². The fourth-order valence-corrected chi connectivity index (χ4v) is 1.61. The van der Waals surface area contributed by atoms with Crippen molar-refractivity contribution in [3.05, 3.63) is 29.3 Å². The number of methoxy groups -OCH3 is 1. The van der Waals surface area contributed by atoms with Crippen molar-refractivity contribution in [3.63, 3.8) is 0 Å². The maximum absolute atomic E-state index is 9.12. The van der Waals surface area contributed by atoms with Crippen molar-refractivity contribution in [1.29, 1.82) is 0 Å². The summed E-state index contributed by atoms with van der Waals surface area (Å²) in [6.45, 7) is 5.67. The van der Waals surface area contributed by atoms with Crippen molar-refractivity contribution in [1.82, 2.24) is 0 Å². The van der Waals surface area contributed by atoms with Gasteiger partial charge in [0.1, 0.15) is 5.75 Å². The molecule has 0 radical (unpaired) electrons. The molecule has 0 amide bonds. The summed E-state index contributed by atoms with van der Waals surface area (Å²) in [5.41, 5.74) is 1.79. The van der Waals surface area contributed by atoms with Gasteiger partial charge in [0.25, 0.3) is 0 Å². The average Bonchev–Trinajstić information content (AvgIpc) is 2.42. The van der Waals surface area contributed by atoms with Crippen LogP contribution in [0.15, 0.2) is 18.2 Å². The van der Waals surface area contributed by atoms with Gasteiger partial charge in [-0.15, -0.1) is 0 Å². The Morgan fingerprint density at radius 1 is 1.33 bits per heavy atom. The van der Waals surface area contributed by atoms with Gasteiger partial charge in [0.15, 0.2) is 0 Å². The summed E-state index contributed by atoms with van der Waals surface area (Å²) < 4.78 is 16.2. The maximum atomic E-state index is 9.12. The number of benzene rings is 1. The largest absolute Gasteiger partial charge is 0.496 e. The van der Waals surface area contributed by atoms with E-state index >= 15 is 0 Å². The van der Waals surface area contributed by atoms with Crippen molar-refractivity contribution < 1.29 is 19.3 Å². The van der Waals surface area contributed by atoms with Crippen LogP contribution in [0.2, 0.25) is 0 Å². The number of rotatable bonds is 8. The first kappa shape index (κ1) is 15.0. The summed E-state index contributed by atoms with van der Waals surface area (Å²) in [5.74, 6) is 0.774. The van der Waals surface area contributed by atoms with Crippen LogP contribution in [-0.2, 0) is 22.7 Å². The highest BCUT2D eigenvalue weighted by Crippen LogP contribution is 2.21. The minimum absolute atomic E-state index is 0.0193. The normalized spacial score (nSPS) is 12.4. The SMILES string of the molecule is CCOCC(C)OCc1cc(CO)ccc1OC. The molecule has 1 aromatic carbocycles. The summed E-state index contributed by atoms with van der Waals surface area (Å²) >= 11 is 0. The molecule has 0 fully saturated rings. The average molecular weight is 254 g/mol. The van der Waals surface area contributed by atoms with Gasteiger partial charge in [-0.3, -0.25) is 0 Å². The molecule has 0 spiro atoms. The Morgan fingerprint density at radius 3 is 2.72 bits per heavy atom. The quantitative estimate of drug-likeness (QED) is 0.772. The fraction of sp³-hybridized carbons (Fsp3) is 0.571. The molecule has 1 atom stereocenters. The molecule has 0 saturated carbocycles. The van der Waals surface area contributed by atoms with E-state index in [0.29, 0.717) is 19.8 Å². The van der Waals surface area contributed by atoms with Crippen molar-refractivity contribution in [2.45, 2.75) is 33.2 Å². The van der Waals surface area contributed by atoms with Gasteiger partial charge in [-0.25, -0.2) is 0 Å². The zero-order chi connectivity index (χ0) is 13.4. The van der Waals surface area contributed by atoms with E-state index < -0.39 is 0 Å². The Bertz CT molecular complexity index is 352. The maximum Gasteiger partial charge on any atom is 0.124 e. The smallest absolute Gasteiger partial charge is 0.124 e. The van der Waals surface area contributed by atoms with Crippen LogP contribution < -0.4 is 4.74 Å². The standard InChI is InChI=1S/C14H22O4/c1-4-17-9-11(2)18-10-13-7-12(8-15)5-6-14(13)16-3/h5-7,11,15H,4,8-10H2,1-3H3. The monoisotopic (exact) mass is 254 g/mol. The van der Waals surface area contributed by atoms with E-state index in [2.05, 4.69) is 0 Å². The first-order valence-electron chi connectivity index (χ1n) is 6.17. The van der Waals surface area contributed by atoms with Crippen molar-refractivity contribution in [2.75, 3.05) is 20.3 Å². The molecule has 0 aliphatic carbocycles. The van der Waals surface area contributed by atoms with Crippen molar-refractivity contribution >= 4 is 0 Å². The predicted octanol–water partition coefficient (Wildman–Crippen LogP) is 2.13. The molecular weight excluding hydrogens is 232 g/mol. The van der Waals surface area contributed by atoms with Crippen molar-refractivity contribution in [2.24, 2.45) is 0 Å². The Labute approximate surface area is 108 Å². The van der Waals surface area contributed by atoms with Crippen LogP contribution in [0.1, 0.15) is 25.0 Å². The van der Waals surface area contributed by atoms with E-state index in [1.165, 1.54) is 0 Å². The third-order valence-electron chi connectivity index (χ3n) is 2.61. The number of aliphatic hydroxyl groups excluding tert-OH is 1. The second kappa shape index (κ2) is 8.08. The van der Waals surface area contributed by atoms with Gasteiger partial charge in [-0.05, 0) is 31.5 Å².